The normalized spacial score (nSPS) is 22.7. The first-order chi connectivity index (χ1) is 8.81. The highest BCUT2D eigenvalue weighted by molar-refractivity contribution is 7.09. The minimum Gasteiger partial charge on any atom is -0.330 e. The van der Waals surface area contributed by atoms with E-state index in [0.717, 1.165) is 25.8 Å². The summed E-state index contributed by atoms with van der Waals surface area (Å²) in [6.07, 6.45) is 6.34. The zero-order chi connectivity index (χ0) is 12.4. The molecule has 0 aliphatic heterocycles. The van der Waals surface area contributed by atoms with Gasteiger partial charge in [-0.3, -0.25) is 0 Å². The van der Waals surface area contributed by atoms with Crippen molar-refractivity contribution in [2.45, 2.75) is 25.7 Å². The first-order valence-corrected chi connectivity index (χ1v) is 7.35. The van der Waals surface area contributed by atoms with E-state index in [1.54, 1.807) is 11.3 Å². The maximum atomic E-state index is 6.09. The lowest BCUT2D eigenvalue weighted by molar-refractivity contribution is 0.253. The second-order valence-electron chi connectivity index (χ2n) is 5.25. The molecule has 3 rings (SSSR count). The molecule has 1 atom stereocenters. The van der Waals surface area contributed by atoms with Gasteiger partial charge in [-0.05, 0) is 42.3 Å². The van der Waals surface area contributed by atoms with Gasteiger partial charge in [-0.1, -0.05) is 24.3 Å². The van der Waals surface area contributed by atoms with E-state index in [-0.39, 0.29) is 5.41 Å². The minimum atomic E-state index is 0.214. The molecule has 2 aromatic rings. The quantitative estimate of drug-likeness (QED) is 0.919. The molecule has 0 fully saturated rings. The maximum absolute atomic E-state index is 6.09. The molecule has 0 saturated heterocycles. The van der Waals surface area contributed by atoms with Gasteiger partial charge < -0.3 is 5.73 Å². The lowest BCUT2D eigenvalue weighted by Crippen LogP contribution is -2.38. The zero-order valence-corrected chi connectivity index (χ0v) is 11.2. The van der Waals surface area contributed by atoms with Crippen LogP contribution in [0.4, 0.5) is 0 Å². The fraction of sp³-hybridized carbons (Fsp3) is 0.400. The fourth-order valence-corrected chi connectivity index (χ4v) is 3.71. The maximum Gasteiger partial charge on any atom is 0.0930 e. The topological polar surface area (TPSA) is 38.9 Å². The molecule has 2 nitrogen and oxygen atoms in total. The number of hydrogen-bond acceptors (Lipinski definition) is 3. The molecular weight excluding hydrogens is 240 g/mol. The molecule has 0 spiro atoms. The van der Waals surface area contributed by atoms with Gasteiger partial charge in [-0.2, -0.15) is 0 Å². The van der Waals surface area contributed by atoms with Crippen molar-refractivity contribution in [2.75, 3.05) is 6.54 Å². The van der Waals surface area contributed by atoms with E-state index in [2.05, 4.69) is 34.6 Å². The standard InChI is InChI=1S/C15H18N2S/c16-11-15(10-14-17-7-8-18-14)6-5-12-3-1-2-4-13(12)9-15/h1-4,7-8H,5-6,9-11,16H2. The summed E-state index contributed by atoms with van der Waals surface area (Å²) in [6, 6.07) is 8.77. The van der Waals surface area contributed by atoms with Crippen molar-refractivity contribution in [3.63, 3.8) is 0 Å². The molecule has 1 aromatic heterocycles. The number of benzene rings is 1. The van der Waals surface area contributed by atoms with Crippen molar-refractivity contribution in [3.8, 4) is 0 Å². The average molecular weight is 258 g/mol. The number of nitrogens with zero attached hydrogens (tertiary/aromatic N) is 1. The Bertz CT molecular complexity index is 521. The number of nitrogens with two attached hydrogens (primary N) is 1. The molecule has 0 bridgehead atoms. The van der Waals surface area contributed by atoms with Crippen LogP contribution < -0.4 is 5.73 Å². The number of thiazole rings is 1. The molecule has 1 aliphatic rings. The summed E-state index contributed by atoms with van der Waals surface area (Å²) in [5.74, 6) is 0. The summed E-state index contributed by atoms with van der Waals surface area (Å²) in [4.78, 5) is 4.42. The first-order valence-electron chi connectivity index (χ1n) is 6.47. The van der Waals surface area contributed by atoms with Gasteiger partial charge in [0.25, 0.3) is 0 Å². The third kappa shape index (κ3) is 2.20. The average Bonchev–Trinajstić information content (AvgIpc) is 2.91. The van der Waals surface area contributed by atoms with Gasteiger partial charge in [0.1, 0.15) is 0 Å². The smallest absolute Gasteiger partial charge is 0.0930 e. The zero-order valence-electron chi connectivity index (χ0n) is 10.4. The number of rotatable bonds is 3. The van der Waals surface area contributed by atoms with Crippen molar-refractivity contribution in [3.05, 3.63) is 52.0 Å². The molecule has 1 aliphatic carbocycles. The highest BCUT2D eigenvalue weighted by Gasteiger charge is 2.33. The second kappa shape index (κ2) is 4.82. The van der Waals surface area contributed by atoms with Gasteiger partial charge in [0.15, 0.2) is 0 Å². The van der Waals surface area contributed by atoms with Crippen molar-refractivity contribution >= 4 is 11.3 Å². The van der Waals surface area contributed by atoms with E-state index < -0.39 is 0 Å². The molecule has 2 N–H and O–H groups in total. The Morgan fingerprint density at radius 3 is 2.83 bits per heavy atom. The van der Waals surface area contributed by atoms with Crippen LogP contribution >= 0.6 is 11.3 Å². The first kappa shape index (κ1) is 11.9. The van der Waals surface area contributed by atoms with Gasteiger partial charge in [0.05, 0.1) is 5.01 Å². The summed E-state index contributed by atoms with van der Waals surface area (Å²) in [5.41, 5.74) is 9.28. The molecule has 0 saturated carbocycles. The van der Waals surface area contributed by atoms with E-state index >= 15 is 0 Å². The molecule has 0 radical (unpaired) electrons. The van der Waals surface area contributed by atoms with Gasteiger partial charge in [-0.15, -0.1) is 11.3 Å². The number of aromatic nitrogens is 1. The number of hydrogen-bond donors (Lipinski definition) is 1. The van der Waals surface area contributed by atoms with Crippen molar-refractivity contribution in [1.29, 1.82) is 0 Å². The van der Waals surface area contributed by atoms with E-state index in [1.807, 2.05) is 6.20 Å². The van der Waals surface area contributed by atoms with Crippen LogP contribution in [0.2, 0.25) is 0 Å². The lowest BCUT2D eigenvalue weighted by atomic mass is 9.70. The summed E-state index contributed by atoms with van der Waals surface area (Å²) < 4.78 is 0. The fourth-order valence-electron chi connectivity index (χ4n) is 2.92. The summed E-state index contributed by atoms with van der Waals surface area (Å²) >= 11 is 1.75. The predicted octanol–water partition coefficient (Wildman–Crippen LogP) is 2.82. The van der Waals surface area contributed by atoms with E-state index in [0.29, 0.717) is 0 Å². The van der Waals surface area contributed by atoms with Gasteiger partial charge in [0, 0.05) is 18.0 Å². The van der Waals surface area contributed by atoms with Crippen LogP contribution in [0, 0.1) is 5.41 Å². The molecule has 0 amide bonds. The monoisotopic (exact) mass is 258 g/mol. The van der Waals surface area contributed by atoms with E-state index in [1.165, 1.54) is 22.6 Å². The molecule has 1 aromatic carbocycles. The van der Waals surface area contributed by atoms with Gasteiger partial charge >= 0.3 is 0 Å². The predicted molar refractivity (Wildman–Crippen MR) is 75.8 cm³/mol. The highest BCUT2D eigenvalue weighted by Crippen LogP contribution is 2.37. The third-order valence-corrected chi connectivity index (χ3v) is 4.83. The largest absolute Gasteiger partial charge is 0.330 e. The summed E-state index contributed by atoms with van der Waals surface area (Å²) in [7, 11) is 0. The Kier molecular flexibility index (Phi) is 3.18. The Balaban J connectivity index is 1.86. The lowest BCUT2D eigenvalue weighted by Gasteiger charge is -2.36. The van der Waals surface area contributed by atoms with Crippen LogP contribution in [-0.2, 0) is 19.3 Å². The van der Waals surface area contributed by atoms with E-state index in [4.69, 9.17) is 5.73 Å². The summed E-state index contributed by atoms with van der Waals surface area (Å²) in [5, 5.41) is 3.27. The molecule has 1 heterocycles. The molecule has 3 heteroatoms. The van der Waals surface area contributed by atoms with Gasteiger partial charge in [-0.25, -0.2) is 4.98 Å². The van der Waals surface area contributed by atoms with Gasteiger partial charge in [0.2, 0.25) is 0 Å². The third-order valence-electron chi connectivity index (χ3n) is 4.05. The van der Waals surface area contributed by atoms with E-state index in [9.17, 15) is 0 Å². The Morgan fingerprint density at radius 1 is 1.28 bits per heavy atom. The molecule has 94 valence electrons. The Hall–Kier alpha value is -1.19. The van der Waals surface area contributed by atoms with Crippen LogP contribution in [0.1, 0.15) is 22.6 Å². The Labute approximate surface area is 112 Å². The summed E-state index contributed by atoms with van der Waals surface area (Å²) in [6.45, 7) is 0.751. The van der Waals surface area contributed by atoms with Crippen LogP contribution in [-0.4, -0.2) is 11.5 Å². The molecule has 18 heavy (non-hydrogen) atoms. The van der Waals surface area contributed by atoms with Crippen LogP contribution in [0.15, 0.2) is 35.8 Å². The SMILES string of the molecule is NCC1(Cc2nccs2)CCc2ccccc2C1. The Morgan fingerprint density at radius 2 is 2.11 bits per heavy atom. The van der Waals surface area contributed by atoms with Crippen LogP contribution in [0.25, 0.3) is 0 Å². The van der Waals surface area contributed by atoms with Crippen molar-refractivity contribution in [1.82, 2.24) is 4.98 Å². The molecular formula is C15H18N2S. The highest BCUT2D eigenvalue weighted by atomic mass is 32.1. The number of aryl methyl sites for hydroxylation is 1. The minimum absolute atomic E-state index is 0.214. The molecule has 1 unspecified atom stereocenters. The van der Waals surface area contributed by atoms with Crippen molar-refractivity contribution in [2.24, 2.45) is 11.1 Å². The van der Waals surface area contributed by atoms with Crippen molar-refractivity contribution < 1.29 is 0 Å². The second-order valence-corrected chi connectivity index (χ2v) is 6.23. The number of fused-ring (bicyclic) bond motifs is 1. The van der Waals surface area contributed by atoms with Crippen LogP contribution in [0.5, 0.6) is 0 Å². The van der Waals surface area contributed by atoms with Crippen LogP contribution in [0.3, 0.4) is 0 Å².